The van der Waals surface area contributed by atoms with Crippen molar-refractivity contribution in [1.82, 2.24) is 16.0 Å². The number of halogens is 2. The fourth-order valence-corrected chi connectivity index (χ4v) is 2.59. The fraction of sp³-hybridized carbons (Fsp3) is 0.333. The van der Waals surface area contributed by atoms with Gasteiger partial charge < -0.3 is 25.4 Å². The van der Waals surface area contributed by atoms with Crippen molar-refractivity contribution in [3.05, 3.63) is 58.9 Å². The molecule has 0 aliphatic rings. The first-order chi connectivity index (χ1) is 14.0. The summed E-state index contributed by atoms with van der Waals surface area (Å²) in [5, 5.41) is 9.04. The summed E-state index contributed by atoms with van der Waals surface area (Å²) in [6, 6.07) is 10.0. The largest absolute Gasteiger partial charge is 0.497 e. The Hall–Kier alpha value is -2.56. The Bertz CT molecular complexity index is 877. The highest BCUT2D eigenvalue weighted by atomic mass is 127. The third-order valence-electron chi connectivity index (χ3n) is 4.30. The molecule has 30 heavy (non-hydrogen) atoms. The third-order valence-corrected chi connectivity index (χ3v) is 4.30. The maximum absolute atomic E-state index is 13.6. The minimum absolute atomic E-state index is 0. The zero-order valence-corrected chi connectivity index (χ0v) is 19.9. The quantitative estimate of drug-likeness (QED) is 0.212. The summed E-state index contributed by atoms with van der Waals surface area (Å²) in [5.74, 6) is 1.30. The Balaban J connectivity index is 0.00000450. The van der Waals surface area contributed by atoms with Crippen LogP contribution in [0.2, 0.25) is 0 Å². The summed E-state index contributed by atoms with van der Waals surface area (Å²) < 4.78 is 24.1. The summed E-state index contributed by atoms with van der Waals surface area (Å²) in [5.41, 5.74) is 1.75. The monoisotopic (exact) mass is 530 g/mol. The van der Waals surface area contributed by atoms with E-state index in [2.05, 4.69) is 20.9 Å². The molecule has 0 aliphatic carbocycles. The second-order valence-corrected chi connectivity index (χ2v) is 6.25. The molecular formula is C21H28FIN4O3. The summed E-state index contributed by atoms with van der Waals surface area (Å²) in [4.78, 5) is 16.2. The molecule has 2 rings (SSSR count). The first kappa shape index (κ1) is 25.5. The van der Waals surface area contributed by atoms with Crippen molar-refractivity contribution in [2.45, 2.75) is 13.5 Å². The number of guanidine groups is 1. The van der Waals surface area contributed by atoms with Gasteiger partial charge in [0.1, 0.15) is 17.3 Å². The predicted octanol–water partition coefficient (Wildman–Crippen LogP) is 2.86. The predicted molar refractivity (Wildman–Crippen MR) is 127 cm³/mol. The molecule has 0 unspecified atom stereocenters. The van der Waals surface area contributed by atoms with Gasteiger partial charge in [-0.05, 0) is 36.8 Å². The molecule has 164 valence electrons. The zero-order valence-electron chi connectivity index (χ0n) is 17.5. The Morgan fingerprint density at radius 3 is 2.40 bits per heavy atom. The van der Waals surface area contributed by atoms with Crippen molar-refractivity contribution < 1.29 is 18.7 Å². The van der Waals surface area contributed by atoms with Gasteiger partial charge in [0.2, 0.25) is 0 Å². The van der Waals surface area contributed by atoms with Crippen molar-refractivity contribution in [1.29, 1.82) is 0 Å². The summed E-state index contributed by atoms with van der Waals surface area (Å²) in [6.07, 6.45) is 0. The Morgan fingerprint density at radius 1 is 1.03 bits per heavy atom. The SMILES string of the molecule is CN=C(NCCNC(=O)c1ccc(C)c(F)c1)NCc1ccc(OC)cc1OC.I. The van der Waals surface area contributed by atoms with Crippen LogP contribution in [0, 0.1) is 12.7 Å². The van der Waals surface area contributed by atoms with Crippen molar-refractivity contribution in [3.8, 4) is 11.5 Å². The number of nitrogens with zero attached hydrogens (tertiary/aromatic N) is 1. The minimum Gasteiger partial charge on any atom is -0.497 e. The third kappa shape index (κ3) is 7.36. The normalized spacial score (nSPS) is 10.6. The number of hydrogen-bond acceptors (Lipinski definition) is 4. The molecule has 2 aromatic rings. The van der Waals surface area contributed by atoms with E-state index in [-0.39, 0.29) is 29.9 Å². The van der Waals surface area contributed by atoms with E-state index >= 15 is 0 Å². The van der Waals surface area contributed by atoms with Crippen LogP contribution in [0.1, 0.15) is 21.5 Å². The van der Waals surface area contributed by atoms with Crippen LogP contribution in [-0.2, 0) is 6.54 Å². The molecule has 0 saturated heterocycles. The number of carbonyl (C=O) groups excluding carboxylic acids is 1. The van der Waals surface area contributed by atoms with Crippen LogP contribution in [0.3, 0.4) is 0 Å². The van der Waals surface area contributed by atoms with Gasteiger partial charge in [-0.15, -0.1) is 24.0 Å². The molecular weight excluding hydrogens is 502 g/mol. The molecule has 0 saturated carbocycles. The van der Waals surface area contributed by atoms with E-state index in [4.69, 9.17) is 9.47 Å². The maximum atomic E-state index is 13.6. The number of hydrogen-bond donors (Lipinski definition) is 3. The number of ether oxygens (including phenoxy) is 2. The van der Waals surface area contributed by atoms with Gasteiger partial charge in [0.25, 0.3) is 5.91 Å². The van der Waals surface area contributed by atoms with Crippen molar-refractivity contribution in [2.75, 3.05) is 34.4 Å². The van der Waals surface area contributed by atoms with Gasteiger partial charge in [-0.25, -0.2) is 4.39 Å². The molecule has 0 fully saturated rings. The van der Waals surface area contributed by atoms with Crippen LogP contribution < -0.4 is 25.4 Å². The number of nitrogens with one attached hydrogen (secondary N) is 3. The standard InChI is InChI=1S/C21H27FN4O3.HI/c1-14-5-6-15(11-18(14)22)20(27)24-9-10-25-21(23-2)26-13-16-7-8-17(28-3)12-19(16)29-4;/h5-8,11-12H,9-10,13H2,1-4H3,(H,24,27)(H2,23,25,26);1H. The summed E-state index contributed by atoms with van der Waals surface area (Å²) >= 11 is 0. The number of aliphatic imine (C=N–C) groups is 1. The fourth-order valence-electron chi connectivity index (χ4n) is 2.59. The Morgan fingerprint density at radius 2 is 1.77 bits per heavy atom. The lowest BCUT2D eigenvalue weighted by atomic mass is 10.1. The molecule has 0 aliphatic heterocycles. The van der Waals surface area contributed by atoms with Crippen molar-refractivity contribution >= 4 is 35.8 Å². The van der Waals surface area contributed by atoms with Gasteiger partial charge in [-0.3, -0.25) is 9.79 Å². The summed E-state index contributed by atoms with van der Waals surface area (Å²) in [6.45, 7) is 2.98. The molecule has 0 spiro atoms. The Kier molecular flexibility index (Phi) is 10.9. The highest BCUT2D eigenvalue weighted by Gasteiger charge is 2.08. The van der Waals surface area contributed by atoms with Gasteiger partial charge in [-0.2, -0.15) is 0 Å². The average Bonchev–Trinajstić information content (AvgIpc) is 2.74. The van der Waals surface area contributed by atoms with Crippen LogP contribution in [-0.4, -0.2) is 46.2 Å². The number of aryl methyl sites for hydroxylation is 1. The van der Waals surface area contributed by atoms with Crippen molar-refractivity contribution in [2.24, 2.45) is 4.99 Å². The van der Waals surface area contributed by atoms with E-state index in [1.165, 1.54) is 6.07 Å². The lowest BCUT2D eigenvalue weighted by Gasteiger charge is -2.14. The highest BCUT2D eigenvalue weighted by molar-refractivity contribution is 14.0. The molecule has 0 radical (unpaired) electrons. The van der Waals surface area contributed by atoms with E-state index in [0.717, 1.165) is 11.3 Å². The lowest BCUT2D eigenvalue weighted by Crippen LogP contribution is -2.41. The molecule has 7 nitrogen and oxygen atoms in total. The van der Waals surface area contributed by atoms with Crippen molar-refractivity contribution in [3.63, 3.8) is 0 Å². The van der Waals surface area contributed by atoms with Crippen LogP contribution in [0.15, 0.2) is 41.4 Å². The molecule has 0 aromatic heterocycles. The molecule has 1 amide bonds. The smallest absolute Gasteiger partial charge is 0.251 e. The lowest BCUT2D eigenvalue weighted by molar-refractivity contribution is 0.0954. The van der Waals surface area contributed by atoms with Gasteiger partial charge >= 0.3 is 0 Å². The minimum atomic E-state index is -0.394. The maximum Gasteiger partial charge on any atom is 0.251 e. The second kappa shape index (κ2) is 12.9. The molecule has 0 atom stereocenters. The second-order valence-electron chi connectivity index (χ2n) is 6.25. The van der Waals surface area contributed by atoms with Gasteiger partial charge in [0, 0.05) is 43.9 Å². The number of carbonyl (C=O) groups is 1. The van der Waals surface area contributed by atoms with Gasteiger partial charge in [0.15, 0.2) is 5.96 Å². The van der Waals surface area contributed by atoms with Crippen LogP contribution in [0.5, 0.6) is 11.5 Å². The van der Waals surface area contributed by atoms with Crippen LogP contribution >= 0.6 is 24.0 Å². The molecule has 9 heteroatoms. The topological polar surface area (TPSA) is 84.0 Å². The van der Waals surface area contributed by atoms with E-state index < -0.39 is 5.82 Å². The number of methoxy groups -OCH3 is 2. The number of rotatable bonds is 8. The zero-order chi connectivity index (χ0) is 21.2. The van der Waals surface area contributed by atoms with E-state index in [9.17, 15) is 9.18 Å². The first-order valence-corrected chi connectivity index (χ1v) is 9.18. The van der Waals surface area contributed by atoms with E-state index in [1.807, 2.05) is 18.2 Å². The summed E-state index contributed by atoms with van der Waals surface area (Å²) in [7, 11) is 4.87. The first-order valence-electron chi connectivity index (χ1n) is 9.18. The van der Waals surface area contributed by atoms with E-state index in [0.29, 0.717) is 42.5 Å². The molecule has 0 heterocycles. The highest BCUT2D eigenvalue weighted by Crippen LogP contribution is 2.24. The molecule has 3 N–H and O–H groups in total. The van der Waals surface area contributed by atoms with Crippen LogP contribution in [0.25, 0.3) is 0 Å². The Labute approximate surface area is 193 Å². The number of amides is 1. The molecule has 2 aromatic carbocycles. The van der Waals surface area contributed by atoms with Gasteiger partial charge in [0.05, 0.1) is 14.2 Å². The molecule has 0 bridgehead atoms. The van der Waals surface area contributed by atoms with Crippen LogP contribution in [0.4, 0.5) is 4.39 Å². The number of benzene rings is 2. The van der Waals surface area contributed by atoms with E-state index in [1.54, 1.807) is 40.3 Å². The van der Waals surface area contributed by atoms with Gasteiger partial charge in [-0.1, -0.05) is 6.07 Å². The average molecular weight is 530 g/mol.